The molecule has 1 amide bonds. The van der Waals surface area contributed by atoms with Crippen molar-refractivity contribution >= 4 is 22.6 Å². The molecule has 0 bridgehead atoms. The molecule has 146 valence electrons. The van der Waals surface area contributed by atoms with Crippen molar-refractivity contribution in [1.29, 1.82) is 0 Å². The fourth-order valence-electron chi connectivity index (χ4n) is 3.44. The minimum Gasteiger partial charge on any atom is -0.366 e. The van der Waals surface area contributed by atoms with Crippen LogP contribution in [0, 0.1) is 6.92 Å². The van der Waals surface area contributed by atoms with Gasteiger partial charge in [-0.3, -0.25) is 9.36 Å². The third kappa shape index (κ3) is 3.54. The maximum Gasteiger partial charge on any atom is 0.256 e. The molecule has 7 nitrogen and oxygen atoms in total. The van der Waals surface area contributed by atoms with Crippen molar-refractivity contribution in [3.8, 4) is 5.95 Å². The van der Waals surface area contributed by atoms with Crippen LogP contribution >= 0.6 is 0 Å². The van der Waals surface area contributed by atoms with E-state index in [-0.39, 0.29) is 0 Å². The third-order valence-corrected chi connectivity index (χ3v) is 4.88. The Kier molecular flexibility index (Phi) is 4.95. The molecule has 0 aliphatic carbocycles. The minimum atomic E-state index is -0.460. The summed E-state index contributed by atoms with van der Waals surface area (Å²) < 4.78 is 1.89. The Morgan fingerprint density at radius 2 is 1.90 bits per heavy atom. The Morgan fingerprint density at radius 1 is 1.10 bits per heavy atom. The van der Waals surface area contributed by atoms with Gasteiger partial charge in [0.1, 0.15) is 5.69 Å². The summed E-state index contributed by atoms with van der Waals surface area (Å²) in [5, 5.41) is 12.9. The van der Waals surface area contributed by atoms with E-state index in [1.54, 1.807) is 12.1 Å². The molecule has 0 spiro atoms. The van der Waals surface area contributed by atoms with E-state index >= 15 is 0 Å². The number of hydrogen-bond acceptors (Lipinski definition) is 5. The monoisotopic (exact) mass is 386 g/mol. The molecule has 0 atom stereocenters. The molecule has 2 aromatic carbocycles. The summed E-state index contributed by atoms with van der Waals surface area (Å²) in [4.78, 5) is 16.5. The largest absolute Gasteiger partial charge is 0.366 e. The molecule has 0 saturated carbocycles. The second kappa shape index (κ2) is 7.71. The number of nitrogens with two attached hydrogens (primary N) is 1. The minimum absolute atomic E-state index is 0.451. The summed E-state index contributed by atoms with van der Waals surface area (Å²) in [6, 6.07) is 17.5. The van der Waals surface area contributed by atoms with Crippen molar-refractivity contribution in [2.75, 3.05) is 5.32 Å². The van der Waals surface area contributed by atoms with Crippen LogP contribution in [0.25, 0.3) is 16.9 Å². The zero-order valence-corrected chi connectivity index (χ0v) is 16.4. The number of primary amides is 1. The maximum atomic E-state index is 11.8. The highest BCUT2D eigenvalue weighted by Gasteiger charge is 2.16. The lowest BCUT2D eigenvalue weighted by Gasteiger charge is -2.12. The molecule has 3 N–H and O–H groups in total. The molecule has 29 heavy (non-hydrogen) atoms. The van der Waals surface area contributed by atoms with E-state index < -0.39 is 5.91 Å². The molecule has 2 heterocycles. The Morgan fingerprint density at radius 3 is 2.62 bits per heavy atom. The van der Waals surface area contributed by atoms with Gasteiger partial charge in [-0.05, 0) is 37.1 Å². The topological polar surface area (TPSA) is 98.7 Å². The maximum absolute atomic E-state index is 11.8. The molecule has 4 aromatic rings. The Hall–Kier alpha value is -3.74. The molecule has 7 heteroatoms. The normalized spacial score (nSPS) is 11.0. The van der Waals surface area contributed by atoms with Gasteiger partial charge in [-0.1, -0.05) is 43.3 Å². The highest BCUT2D eigenvalue weighted by molar-refractivity contribution is 6.06. The summed E-state index contributed by atoms with van der Waals surface area (Å²) in [6.07, 6.45) is 0.717. The van der Waals surface area contributed by atoms with Crippen LogP contribution < -0.4 is 11.1 Å². The van der Waals surface area contributed by atoms with Crippen molar-refractivity contribution < 1.29 is 4.79 Å². The number of aromatic nitrogens is 4. The SMILES string of the molecule is CCc1nnc(-n2c(C)cc3c(C(N)=O)cccc32)nc1NCc1ccccc1. The molecular formula is C22H22N6O. The van der Waals surface area contributed by atoms with Crippen molar-refractivity contribution in [2.45, 2.75) is 26.8 Å². The Bertz CT molecular complexity index is 1180. The van der Waals surface area contributed by atoms with Crippen LogP contribution in [0.4, 0.5) is 5.82 Å². The lowest BCUT2D eigenvalue weighted by atomic mass is 10.1. The van der Waals surface area contributed by atoms with Crippen molar-refractivity contribution in [1.82, 2.24) is 19.7 Å². The van der Waals surface area contributed by atoms with E-state index in [9.17, 15) is 4.79 Å². The van der Waals surface area contributed by atoms with Gasteiger partial charge in [0.2, 0.25) is 5.91 Å². The number of anilines is 1. The second-order valence-corrected chi connectivity index (χ2v) is 6.82. The van der Waals surface area contributed by atoms with Crippen LogP contribution in [0.5, 0.6) is 0 Å². The lowest BCUT2D eigenvalue weighted by Crippen LogP contribution is -2.12. The van der Waals surface area contributed by atoms with Gasteiger partial charge in [0.25, 0.3) is 5.95 Å². The van der Waals surface area contributed by atoms with Crippen LogP contribution in [0.15, 0.2) is 54.6 Å². The van der Waals surface area contributed by atoms with Gasteiger partial charge in [0.05, 0.1) is 5.52 Å². The van der Waals surface area contributed by atoms with Gasteiger partial charge in [0, 0.05) is 23.2 Å². The van der Waals surface area contributed by atoms with E-state index in [2.05, 4.69) is 27.6 Å². The molecule has 2 aromatic heterocycles. The van der Waals surface area contributed by atoms with Crippen molar-refractivity contribution in [3.63, 3.8) is 0 Å². The van der Waals surface area contributed by atoms with Crippen LogP contribution in [-0.4, -0.2) is 25.7 Å². The third-order valence-electron chi connectivity index (χ3n) is 4.88. The second-order valence-electron chi connectivity index (χ2n) is 6.82. The van der Waals surface area contributed by atoms with Gasteiger partial charge in [-0.2, -0.15) is 4.98 Å². The van der Waals surface area contributed by atoms with Crippen molar-refractivity contribution in [3.05, 3.63) is 77.1 Å². The van der Waals surface area contributed by atoms with Crippen molar-refractivity contribution in [2.24, 2.45) is 5.73 Å². The van der Waals surface area contributed by atoms with Gasteiger partial charge in [-0.15, -0.1) is 10.2 Å². The number of aryl methyl sites for hydroxylation is 2. The summed E-state index contributed by atoms with van der Waals surface area (Å²) in [6.45, 7) is 4.61. The van der Waals surface area contributed by atoms with E-state index in [0.29, 0.717) is 30.3 Å². The first-order valence-corrected chi connectivity index (χ1v) is 9.51. The number of carbonyl (C=O) groups is 1. The summed E-state index contributed by atoms with van der Waals surface area (Å²) in [5.41, 5.74) is 9.68. The highest BCUT2D eigenvalue weighted by atomic mass is 16.1. The highest BCUT2D eigenvalue weighted by Crippen LogP contribution is 2.26. The predicted octanol–water partition coefficient (Wildman–Crippen LogP) is 3.40. The van der Waals surface area contributed by atoms with Crippen LogP contribution in [0.2, 0.25) is 0 Å². The number of rotatable bonds is 6. The molecule has 0 unspecified atom stereocenters. The standard InChI is InChI=1S/C22H22N6O/c1-3-18-21(24-13-15-8-5-4-6-9-15)25-22(27-26-18)28-14(2)12-17-16(20(23)29)10-7-11-19(17)28/h4-12H,3,13H2,1-2H3,(H2,23,29)(H,24,25,27). The van der Waals surface area contributed by atoms with E-state index in [0.717, 1.165) is 27.9 Å². The number of hydrogen-bond donors (Lipinski definition) is 2. The van der Waals surface area contributed by atoms with Gasteiger partial charge >= 0.3 is 0 Å². The van der Waals surface area contributed by atoms with Crippen LogP contribution in [-0.2, 0) is 13.0 Å². The molecular weight excluding hydrogens is 364 g/mol. The average Bonchev–Trinajstić information content (AvgIpc) is 3.08. The summed E-state index contributed by atoms with van der Waals surface area (Å²) >= 11 is 0. The van der Waals surface area contributed by atoms with Gasteiger partial charge in [-0.25, -0.2) is 0 Å². The fraction of sp³-hybridized carbons (Fsp3) is 0.182. The molecule has 0 fully saturated rings. The molecule has 0 aliphatic heterocycles. The van der Waals surface area contributed by atoms with E-state index in [1.165, 1.54) is 0 Å². The number of nitrogens with zero attached hydrogens (tertiary/aromatic N) is 4. The van der Waals surface area contributed by atoms with E-state index in [4.69, 9.17) is 10.7 Å². The Labute approximate surface area is 168 Å². The zero-order valence-electron chi connectivity index (χ0n) is 16.4. The molecule has 0 radical (unpaired) electrons. The molecule has 4 rings (SSSR count). The quantitative estimate of drug-likeness (QED) is 0.529. The molecule has 0 aliphatic rings. The number of nitrogens with one attached hydrogen (secondary N) is 1. The number of carbonyl (C=O) groups excluding carboxylic acids is 1. The summed E-state index contributed by atoms with van der Waals surface area (Å²) in [5.74, 6) is 0.693. The first-order chi connectivity index (χ1) is 14.1. The van der Waals surface area contributed by atoms with Crippen LogP contribution in [0.1, 0.15) is 34.2 Å². The number of benzene rings is 2. The number of amides is 1. The lowest BCUT2D eigenvalue weighted by molar-refractivity contribution is 0.100. The zero-order chi connectivity index (χ0) is 20.4. The molecule has 0 saturated heterocycles. The first-order valence-electron chi connectivity index (χ1n) is 9.51. The van der Waals surface area contributed by atoms with E-state index in [1.807, 2.05) is 48.7 Å². The summed E-state index contributed by atoms with van der Waals surface area (Å²) in [7, 11) is 0. The average molecular weight is 386 g/mol. The Balaban J connectivity index is 1.77. The van der Waals surface area contributed by atoms with Crippen LogP contribution in [0.3, 0.4) is 0 Å². The van der Waals surface area contributed by atoms with Gasteiger partial charge in [0.15, 0.2) is 5.82 Å². The number of fused-ring (bicyclic) bond motifs is 1. The smallest absolute Gasteiger partial charge is 0.256 e. The fourth-order valence-corrected chi connectivity index (χ4v) is 3.44. The predicted molar refractivity (Wildman–Crippen MR) is 113 cm³/mol. The first kappa shape index (κ1) is 18.6. The van der Waals surface area contributed by atoms with Gasteiger partial charge < -0.3 is 11.1 Å².